The van der Waals surface area contributed by atoms with E-state index in [2.05, 4.69) is 20.3 Å². The molecule has 3 aromatic rings. The van der Waals surface area contributed by atoms with E-state index in [1.54, 1.807) is 0 Å². The standard InChI is InChI=1S/C23H21F3N4O4S/c24-13-3-1-11(2-4-13)20-19(16-9-14(25)10-17(26)21(16)28-20)12-7-15(8-12)30-35(33,34)6-5-18-22(31)29-23(32)27-18/h1-4,9-10,12,15,18,28,30H,5-8H2,(H2,27,29,31,32)/t12-,15-,18?. The van der Waals surface area contributed by atoms with Crippen molar-refractivity contribution in [2.24, 2.45) is 0 Å². The highest BCUT2D eigenvalue weighted by Gasteiger charge is 2.37. The molecule has 0 radical (unpaired) electrons. The Morgan fingerprint density at radius 2 is 1.71 bits per heavy atom. The average Bonchev–Trinajstić information content (AvgIpc) is 3.29. The molecule has 1 saturated carbocycles. The summed E-state index contributed by atoms with van der Waals surface area (Å²) in [5, 5.41) is 4.76. The smallest absolute Gasteiger partial charge is 0.322 e. The number of fused-ring (bicyclic) bond motifs is 1. The van der Waals surface area contributed by atoms with Crippen molar-refractivity contribution in [3.63, 3.8) is 0 Å². The van der Waals surface area contributed by atoms with Crippen molar-refractivity contribution in [2.45, 2.75) is 37.3 Å². The fourth-order valence-corrected chi connectivity index (χ4v) is 6.07. The van der Waals surface area contributed by atoms with Gasteiger partial charge in [0.1, 0.15) is 23.5 Å². The minimum atomic E-state index is -3.74. The third-order valence-corrected chi connectivity index (χ3v) is 7.89. The van der Waals surface area contributed by atoms with Crippen LogP contribution in [-0.2, 0) is 14.8 Å². The van der Waals surface area contributed by atoms with Gasteiger partial charge in [0.2, 0.25) is 10.0 Å². The van der Waals surface area contributed by atoms with E-state index in [4.69, 9.17) is 0 Å². The van der Waals surface area contributed by atoms with Gasteiger partial charge in [0.25, 0.3) is 5.91 Å². The summed E-state index contributed by atoms with van der Waals surface area (Å²) in [6, 6.07) is 5.67. The molecule has 2 aromatic carbocycles. The van der Waals surface area contributed by atoms with Gasteiger partial charge in [-0.25, -0.2) is 31.1 Å². The lowest BCUT2D eigenvalue weighted by atomic mass is 9.74. The van der Waals surface area contributed by atoms with Crippen LogP contribution in [0.2, 0.25) is 0 Å². The molecule has 1 saturated heterocycles. The molecule has 3 amide bonds. The zero-order valence-corrected chi connectivity index (χ0v) is 19.0. The second-order valence-corrected chi connectivity index (χ2v) is 10.7. The molecule has 5 rings (SSSR count). The van der Waals surface area contributed by atoms with Crippen LogP contribution in [0.25, 0.3) is 22.2 Å². The van der Waals surface area contributed by atoms with Gasteiger partial charge in [0.05, 0.1) is 17.0 Å². The number of benzene rings is 2. The fraction of sp³-hybridized carbons (Fsp3) is 0.304. The lowest BCUT2D eigenvalue weighted by Gasteiger charge is -2.36. The number of halogens is 3. The number of sulfonamides is 1. The SMILES string of the molecule is O=C1NC(=O)C(CCS(=O)(=O)N[C@H]2C[C@H](c3c(-c4ccc(F)cc4)[nH]c4c(F)cc(F)cc43)C2)N1. The number of nitrogens with one attached hydrogen (secondary N) is 4. The number of H-pyrrole nitrogens is 1. The van der Waals surface area contributed by atoms with Gasteiger partial charge in [0.15, 0.2) is 0 Å². The second-order valence-electron chi connectivity index (χ2n) is 8.84. The average molecular weight is 507 g/mol. The molecule has 2 heterocycles. The number of carbonyl (C=O) groups excluding carboxylic acids is 2. The Balaban J connectivity index is 1.34. The predicted molar refractivity (Wildman–Crippen MR) is 121 cm³/mol. The number of aromatic amines is 1. The summed E-state index contributed by atoms with van der Waals surface area (Å²) >= 11 is 0. The monoisotopic (exact) mass is 506 g/mol. The molecule has 1 aliphatic heterocycles. The van der Waals surface area contributed by atoms with E-state index in [0.29, 0.717) is 35.0 Å². The van der Waals surface area contributed by atoms with Crippen LogP contribution >= 0.6 is 0 Å². The van der Waals surface area contributed by atoms with Crippen molar-refractivity contribution in [1.29, 1.82) is 0 Å². The van der Waals surface area contributed by atoms with Gasteiger partial charge in [-0.3, -0.25) is 10.1 Å². The largest absolute Gasteiger partial charge is 0.352 e. The number of carbonyl (C=O) groups is 2. The molecule has 2 aliphatic rings. The lowest BCUT2D eigenvalue weighted by molar-refractivity contribution is -0.120. The van der Waals surface area contributed by atoms with Crippen molar-refractivity contribution < 1.29 is 31.2 Å². The number of aromatic nitrogens is 1. The van der Waals surface area contributed by atoms with Crippen molar-refractivity contribution in [3.05, 3.63) is 59.4 Å². The maximum Gasteiger partial charge on any atom is 0.322 e. The van der Waals surface area contributed by atoms with Gasteiger partial charge in [0, 0.05) is 17.5 Å². The van der Waals surface area contributed by atoms with E-state index >= 15 is 0 Å². The molecule has 0 spiro atoms. The zero-order chi connectivity index (χ0) is 24.9. The molecular weight excluding hydrogens is 485 g/mol. The maximum atomic E-state index is 14.5. The minimum Gasteiger partial charge on any atom is -0.352 e. The topological polar surface area (TPSA) is 120 Å². The zero-order valence-electron chi connectivity index (χ0n) is 18.2. The number of hydrogen-bond donors (Lipinski definition) is 4. The van der Waals surface area contributed by atoms with Gasteiger partial charge in [-0.15, -0.1) is 0 Å². The van der Waals surface area contributed by atoms with Crippen LogP contribution < -0.4 is 15.4 Å². The Bertz CT molecular complexity index is 1430. The quantitative estimate of drug-likeness (QED) is 0.368. The Labute approximate surface area is 198 Å². The van der Waals surface area contributed by atoms with E-state index in [0.717, 1.165) is 6.07 Å². The number of amides is 3. The minimum absolute atomic E-state index is 0.0707. The number of urea groups is 1. The molecule has 184 valence electrons. The van der Waals surface area contributed by atoms with Crippen LogP contribution in [0, 0.1) is 17.5 Å². The van der Waals surface area contributed by atoms with Gasteiger partial charge >= 0.3 is 6.03 Å². The predicted octanol–water partition coefficient (Wildman–Crippen LogP) is 3.02. The van der Waals surface area contributed by atoms with Gasteiger partial charge in [-0.2, -0.15) is 0 Å². The Hall–Kier alpha value is -3.38. The van der Waals surface area contributed by atoms with Crippen LogP contribution in [0.3, 0.4) is 0 Å². The van der Waals surface area contributed by atoms with Gasteiger partial charge in [-0.05, 0) is 66.6 Å². The molecule has 2 fully saturated rings. The van der Waals surface area contributed by atoms with E-state index in [1.165, 1.54) is 30.3 Å². The molecule has 4 N–H and O–H groups in total. The fourth-order valence-electron chi connectivity index (χ4n) is 4.71. The first-order valence-electron chi connectivity index (χ1n) is 11.0. The summed E-state index contributed by atoms with van der Waals surface area (Å²) in [4.78, 5) is 25.8. The molecular formula is C23H21F3N4O4S. The van der Waals surface area contributed by atoms with Crippen molar-refractivity contribution in [3.8, 4) is 11.3 Å². The molecule has 12 heteroatoms. The third kappa shape index (κ3) is 4.63. The Morgan fingerprint density at radius 1 is 1.00 bits per heavy atom. The first-order chi connectivity index (χ1) is 16.6. The molecule has 35 heavy (non-hydrogen) atoms. The normalized spacial score (nSPS) is 22.2. The Morgan fingerprint density at radius 3 is 2.37 bits per heavy atom. The van der Waals surface area contributed by atoms with Gasteiger partial charge in [-0.1, -0.05) is 0 Å². The van der Waals surface area contributed by atoms with E-state index in [9.17, 15) is 31.2 Å². The van der Waals surface area contributed by atoms with Crippen LogP contribution in [0.15, 0.2) is 36.4 Å². The third-order valence-electron chi connectivity index (χ3n) is 6.42. The maximum absolute atomic E-state index is 14.5. The molecule has 1 atom stereocenters. The second kappa shape index (κ2) is 8.68. The summed E-state index contributed by atoms with van der Waals surface area (Å²) in [7, 11) is -3.74. The summed E-state index contributed by atoms with van der Waals surface area (Å²) in [6.45, 7) is 0. The summed E-state index contributed by atoms with van der Waals surface area (Å²) < 4.78 is 69.6. The first kappa shape index (κ1) is 23.4. The molecule has 0 bridgehead atoms. The van der Waals surface area contributed by atoms with Crippen LogP contribution in [0.4, 0.5) is 18.0 Å². The van der Waals surface area contributed by atoms with E-state index in [-0.39, 0.29) is 23.6 Å². The summed E-state index contributed by atoms with van der Waals surface area (Å²) in [5.41, 5.74) is 1.89. The first-order valence-corrected chi connectivity index (χ1v) is 12.6. The number of rotatable bonds is 7. The Kier molecular flexibility index (Phi) is 5.80. The van der Waals surface area contributed by atoms with Crippen LogP contribution in [0.5, 0.6) is 0 Å². The van der Waals surface area contributed by atoms with Gasteiger partial charge < -0.3 is 10.3 Å². The van der Waals surface area contributed by atoms with Crippen molar-refractivity contribution >= 4 is 32.9 Å². The van der Waals surface area contributed by atoms with Crippen molar-refractivity contribution in [2.75, 3.05) is 5.75 Å². The van der Waals surface area contributed by atoms with E-state index < -0.39 is 51.5 Å². The number of imide groups is 1. The lowest BCUT2D eigenvalue weighted by Crippen LogP contribution is -2.45. The number of hydrogen-bond acceptors (Lipinski definition) is 4. The van der Waals surface area contributed by atoms with Crippen LogP contribution in [0.1, 0.15) is 30.7 Å². The molecule has 1 unspecified atom stereocenters. The summed E-state index contributed by atoms with van der Waals surface area (Å²) in [6.07, 6.45) is 0.705. The molecule has 1 aromatic heterocycles. The summed E-state index contributed by atoms with van der Waals surface area (Å²) in [5.74, 6) is -3.04. The highest BCUT2D eigenvalue weighted by Crippen LogP contribution is 2.45. The van der Waals surface area contributed by atoms with E-state index in [1.807, 2.05) is 0 Å². The highest BCUT2D eigenvalue weighted by atomic mass is 32.2. The molecule has 1 aliphatic carbocycles. The molecule has 8 nitrogen and oxygen atoms in total. The highest BCUT2D eigenvalue weighted by molar-refractivity contribution is 7.89. The van der Waals surface area contributed by atoms with Crippen molar-refractivity contribution in [1.82, 2.24) is 20.3 Å². The van der Waals surface area contributed by atoms with Crippen LogP contribution in [-0.4, -0.2) is 43.2 Å².